The van der Waals surface area contributed by atoms with E-state index in [4.69, 9.17) is 0 Å². The van der Waals surface area contributed by atoms with E-state index in [1.807, 2.05) is 0 Å². The molecule has 0 rings (SSSR count). The van der Waals surface area contributed by atoms with E-state index in [0.717, 1.165) is 0 Å². The fraction of sp³-hybridized carbons (Fsp3) is 0.625. The third-order valence-electron chi connectivity index (χ3n) is 0.863. The van der Waals surface area contributed by atoms with Crippen LogP contribution < -0.4 is 59.1 Å². The van der Waals surface area contributed by atoms with Crippen molar-refractivity contribution in [1.82, 2.24) is 0 Å². The summed E-state index contributed by atoms with van der Waals surface area (Å²) in [7, 11) is 1.22. The Hall–Kier alpha value is 0.260. The molecule has 0 aromatic heterocycles. The maximum absolute atomic E-state index is 10.4. The van der Waals surface area contributed by atoms with Crippen LogP contribution in [-0.4, -0.2) is 43.5 Å². The quantitative estimate of drug-likeness (QED) is 0.124. The standard InChI is InChI=1S/C6H10O6.C2H3ClO2.2Na.H2O/c1-3-9-5(7)11-12-6(8)10-4-2;1-5-2(3)4;;;/h3-4H2,1-2H3;1H3;;;1H2/q;;2*+1;/p-1. The summed E-state index contributed by atoms with van der Waals surface area (Å²) in [5.74, 6) is 0. The molecule has 0 atom stereocenters. The van der Waals surface area contributed by atoms with Crippen molar-refractivity contribution in [2.75, 3.05) is 20.3 Å². The second-order valence-corrected chi connectivity index (χ2v) is 2.28. The van der Waals surface area contributed by atoms with Gasteiger partial charge in [0.1, 0.15) is 0 Å². The number of hydrogen-bond donors (Lipinski definition) is 0. The maximum atomic E-state index is 10.4. The summed E-state index contributed by atoms with van der Waals surface area (Å²) in [6.45, 7) is 3.47. The zero-order chi connectivity index (χ0) is 13.7. The van der Waals surface area contributed by atoms with Crippen LogP contribution in [0.5, 0.6) is 0 Å². The van der Waals surface area contributed by atoms with Gasteiger partial charge in [0.05, 0.1) is 20.3 Å². The van der Waals surface area contributed by atoms with Gasteiger partial charge in [0, 0.05) is 11.6 Å². The Labute approximate surface area is 165 Å². The summed E-state index contributed by atoms with van der Waals surface area (Å²) in [6, 6.07) is 0. The first-order valence-corrected chi connectivity index (χ1v) is 4.77. The number of hydrogen-bond acceptors (Lipinski definition) is 9. The fourth-order valence-corrected chi connectivity index (χ4v) is 0.352. The molecule has 0 aliphatic rings. The largest absolute Gasteiger partial charge is 1.00 e. The molecule has 9 nitrogen and oxygen atoms in total. The first-order chi connectivity index (χ1) is 7.97. The van der Waals surface area contributed by atoms with Gasteiger partial charge in [-0.1, -0.05) is 0 Å². The smallest absolute Gasteiger partial charge is 0.870 e. The minimum Gasteiger partial charge on any atom is -0.870 e. The number of carbonyl (C=O) groups excluding carboxylic acids is 3. The van der Waals surface area contributed by atoms with E-state index in [0.29, 0.717) is 0 Å². The van der Waals surface area contributed by atoms with Gasteiger partial charge < -0.3 is 19.7 Å². The number of rotatable bonds is 2. The molecule has 0 amide bonds. The van der Waals surface area contributed by atoms with E-state index in [-0.39, 0.29) is 77.8 Å². The Balaban J connectivity index is -0.0000000821. The molecule has 0 aromatic rings. The number of methoxy groups -OCH3 is 1. The summed E-state index contributed by atoms with van der Waals surface area (Å²) in [4.78, 5) is 37.8. The molecular formula is C8H14ClNa2O9+. The third kappa shape index (κ3) is 30.9. The molecule has 0 fully saturated rings. The second kappa shape index (κ2) is 24.3. The minimum atomic E-state index is -1.08. The van der Waals surface area contributed by atoms with Crippen LogP contribution in [0.15, 0.2) is 0 Å². The Bertz CT molecular complexity index is 234. The van der Waals surface area contributed by atoms with E-state index in [9.17, 15) is 14.4 Å². The zero-order valence-electron chi connectivity index (χ0n) is 12.0. The third-order valence-corrected chi connectivity index (χ3v) is 1.02. The predicted molar refractivity (Wildman–Crippen MR) is 56.4 cm³/mol. The summed E-state index contributed by atoms with van der Waals surface area (Å²) >= 11 is 4.60. The molecular weight excluding hydrogens is 322 g/mol. The van der Waals surface area contributed by atoms with Crippen molar-refractivity contribution in [3.05, 3.63) is 0 Å². The van der Waals surface area contributed by atoms with Crippen LogP contribution in [0, 0.1) is 0 Å². The minimum absolute atomic E-state index is 0. The molecule has 0 aliphatic carbocycles. The molecule has 0 saturated carbocycles. The van der Waals surface area contributed by atoms with E-state index in [1.54, 1.807) is 13.8 Å². The SMILES string of the molecule is CCOC(=O)OOC(=O)OCC.COC(=O)Cl.[Na+].[Na+].[OH-]. The molecule has 108 valence electrons. The van der Waals surface area contributed by atoms with Crippen molar-refractivity contribution >= 4 is 29.3 Å². The van der Waals surface area contributed by atoms with Crippen LogP contribution in [-0.2, 0) is 24.0 Å². The van der Waals surface area contributed by atoms with Gasteiger partial charge in [0.25, 0.3) is 0 Å². The average Bonchev–Trinajstić information content (AvgIpc) is 2.28. The molecule has 0 unspecified atom stereocenters. The molecule has 0 aromatic carbocycles. The first kappa shape index (κ1) is 32.3. The van der Waals surface area contributed by atoms with E-state index >= 15 is 0 Å². The number of ether oxygens (including phenoxy) is 3. The summed E-state index contributed by atoms with van der Waals surface area (Å²) < 4.78 is 12.4. The first-order valence-electron chi connectivity index (χ1n) is 4.39. The molecule has 0 aliphatic heterocycles. The monoisotopic (exact) mass is 335 g/mol. The van der Waals surface area contributed by atoms with Gasteiger partial charge in [-0.05, 0) is 13.8 Å². The summed E-state index contributed by atoms with van der Waals surface area (Å²) in [5.41, 5.74) is -0.773. The fourth-order valence-electron chi connectivity index (χ4n) is 0.352. The van der Waals surface area contributed by atoms with Crippen LogP contribution in [0.3, 0.4) is 0 Å². The van der Waals surface area contributed by atoms with E-state index in [1.165, 1.54) is 7.11 Å². The van der Waals surface area contributed by atoms with Gasteiger partial charge in [0.15, 0.2) is 0 Å². The van der Waals surface area contributed by atoms with Crippen molar-refractivity contribution < 1.29 is 103 Å². The van der Waals surface area contributed by atoms with Crippen molar-refractivity contribution in [3.63, 3.8) is 0 Å². The van der Waals surface area contributed by atoms with Crippen molar-refractivity contribution in [2.24, 2.45) is 0 Å². The summed E-state index contributed by atoms with van der Waals surface area (Å²) in [6.07, 6.45) is -2.16. The molecule has 20 heavy (non-hydrogen) atoms. The van der Waals surface area contributed by atoms with Crippen molar-refractivity contribution in [1.29, 1.82) is 0 Å². The molecule has 0 radical (unpaired) electrons. The second-order valence-electron chi connectivity index (χ2n) is 1.97. The molecule has 1 N–H and O–H groups in total. The molecule has 0 spiro atoms. The Morgan fingerprint density at radius 1 is 0.900 bits per heavy atom. The normalized spacial score (nSPS) is 6.80. The topological polar surface area (TPSA) is 127 Å². The Morgan fingerprint density at radius 3 is 1.30 bits per heavy atom. The maximum Gasteiger partial charge on any atom is 1.00 e. The van der Waals surface area contributed by atoms with Gasteiger partial charge in [-0.25, -0.2) is 4.79 Å². The number of carbonyl (C=O) groups is 3. The number of halogens is 1. The van der Waals surface area contributed by atoms with Crippen LogP contribution in [0.4, 0.5) is 14.4 Å². The van der Waals surface area contributed by atoms with Crippen molar-refractivity contribution in [2.45, 2.75) is 13.8 Å². The van der Waals surface area contributed by atoms with Gasteiger partial charge in [-0.15, -0.1) is 0 Å². The van der Waals surface area contributed by atoms with E-state index in [2.05, 4.69) is 35.6 Å². The average molecular weight is 336 g/mol. The van der Waals surface area contributed by atoms with Gasteiger partial charge in [-0.2, -0.15) is 19.4 Å². The van der Waals surface area contributed by atoms with E-state index < -0.39 is 17.7 Å². The van der Waals surface area contributed by atoms with Crippen LogP contribution in [0.25, 0.3) is 0 Å². The summed E-state index contributed by atoms with van der Waals surface area (Å²) in [5, 5.41) is 0. The van der Waals surface area contributed by atoms with Gasteiger partial charge in [-0.3, -0.25) is 0 Å². The van der Waals surface area contributed by atoms with Crippen LogP contribution in [0.1, 0.15) is 13.8 Å². The van der Waals surface area contributed by atoms with Crippen LogP contribution >= 0.6 is 11.6 Å². The Kier molecular flexibility index (Phi) is 39.2. The van der Waals surface area contributed by atoms with Gasteiger partial charge >= 0.3 is 76.9 Å². The van der Waals surface area contributed by atoms with Crippen LogP contribution in [0.2, 0.25) is 0 Å². The Morgan fingerprint density at radius 2 is 1.15 bits per heavy atom. The molecule has 0 bridgehead atoms. The zero-order valence-corrected chi connectivity index (χ0v) is 16.8. The molecule has 0 heterocycles. The molecule has 12 heteroatoms. The van der Waals surface area contributed by atoms with Gasteiger partial charge in [0.2, 0.25) is 0 Å². The van der Waals surface area contributed by atoms with Crippen molar-refractivity contribution in [3.8, 4) is 0 Å². The predicted octanol–water partition coefficient (Wildman–Crippen LogP) is -3.93. The molecule has 0 saturated heterocycles.